The molecule has 0 saturated heterocycles. The van der Waals surface area contributed by atoms with Crippen LogP contribution in [-0.2, 0) is 7.05 Å². The topological polar surface area (TPSA) is 38.1 Å². The Kier molecular flexibility index (Phi) is 7.36. The number of rotatable bonds is 9. The third-order valence-electron chi connectivity index (χ3n) is 3.33. The van der Waals surface area contributed by atoms with Crippen molar-refractivity contribution in [1.82, 2.24) is 9.78 Å². The molecule has 0 spiro atoms. The Balaban J connectivity index is 2.16. The van der Waals surface area contributed by atoms with E-state index in [0.29, 0.717) is 5.02 Å². The summed E-state index contributed by atoms with van der Waals surface area (Å²) in [6.45, 7) is 2.23. The fraction of sp³-hybridized carbons (Fsp3) is 0.786. The summed E-state index contributed by atoms with van der Waals surface area (Å²) < 4.78 is 1.66. The van der Waals surface area contributed by atoms with Crippen LogP contribution in [0.5, 0.6) is 0 Å². The molecule has 1 N–H and O–H groups in total. The second-order valence-electron chi connectivity index (χ2n) is 4.93. The van der Waals surface area contributed by atoms with Crippen molar-refractivity contribution < 1.29 is 5.11 Å². The SMILES string of the molecule is CCCCCCCCCC(O)c1c(Cl)cnn1C. The van der Waals surface area contributed by atoms with Crippen molar-refractivity contribution in [3.63, 3.8) is 0 Å². The maximum absolute atomic E-state index is 10.1. The monoisotopic (exact) mass is 272 g/mol. The first-order valence-electron chi connectivity index (χ1n) is 7.02. The molecule has 1 rings (SSSR count). The van der Waals surface area contributed by atoms with Crippen LogP contribution in [0, 0.1) is 0 Å². The van der Waals surface area contributed by atoms with Gasteiger partial charge in [0, 0.05) is 7.05 Å². The number of halogens is 1. The van der Waals surface area contributed by atoms with Crippen LogP contribution in [0.15, 0.2) is 6.20 Å². The van der Waals surface area contributed by atoms with Crippen molar-refractivity contribution in [1.29, 1.82) is 0 Å². The second kappa shape index (κ2) is 8.54. The lowest BCUT2D eigenvalue weighted by molar-refractivity contribution is 0.154. The smallest absolute Gasteiger partial charge is 0.0971 e. The lowest BCUT2D eigenvalue weighted by atomic mass is 10.0. The Morgan fingerprint density at radius 1 is 1.22 bits per heavy atom. The molecule has 0 aromatic carbocycles. The van der Waals surface area contributed by atoms with Crippen molar-refractivity contribution in [3.8, 4) is 0 Å². The van der Waals surface area contributed by atoms with Gasteiger partial charge in [-0.05, 0) is 6.42 Å². The molecule has 0 amide bonds. The van der Waals surface area contributed by atoms with E-state index >= 15 is 0 Å². The summed E-state index contributed by atoms with van der Waals surface area (Å²) >= 11 is 5.99. The molecule has 3 nitrogen and oxygen atoms in total. The quantitative estimate of drug-likeness (QED) is 0.683. The number of hydrogen-bond donors (Lipinski definition) is 1. The molecule has 18 heavy (non-hydrogen) atoms. The number of aliphatic hydroxyl groups is 1. The third kappa shape index (κ3) is 4.99. The van der Waals surface area contributed by atoms with Gasteiger partial charge in [-0.3, -0.25) is 4.68 Å². The normalized spacial score (nSPS) is 12.9. The largest absolute Gasteiger partial charge is 0.387 e. The van der Waals surface area contributed by atoms with Gasteiger partial charge < -0.3 is 5.11 Å². The highest BCUT2D eigenvalue weighted by Crippen LogP contribution is 2.26. The predicted molar refractivity (Wildman–Crippen MR) is 75.8 cm³/mol. The van der Waals surface area contributed by atoms with Gasteiger partial charge in [0.05, 0.1) is 23.0 Å². The van der Waals surface area contributed by atoms with Gasteiger partial charge >= 0.3 is 0 Å². The van der Waals surface area contributed by atoms with Crippen LogP contribution >= 0.6 is 11.6 Å². The van der Waals surface area contributed by atoms with E-state index < -0.39 is 6.10 Å². The van der Waals surface area contributed by atoms with Crippen molar-refractivity contribution in [3.05, 3.63) is 16.9 Å². The molecule has 1 heterocycles. The second-order valence-corrected chi connectivity index (χ2v) is 5.33. The van der Waals surface area contributed by atoms with E-state index in [1.807, 2.05) is 7.05 Å². The summed E-state index contributed by atoms with van der Waals surface area (Å²) in [5, 5.41) is 14.7. The summed E-state index contributed by atoms with van der Waals surface area (Å²) in [5.74, 6) is 0. The van der Waals surface area contributed by atoms with Crippen molar-refractivity contribution in [2.75, 3.05) is 0 Å². The van der Waals surface area contributed by atoms with Crippen molar-refractivity contribution in [2.45, 2.75) is 64.4 Å². The Labute approximate surface area is 115 Å². The molecule has 1 aromatic heterocycles. The van der Waals surface area contributed by atoms with E-state index in [1.165, 1.54) is 38.5 Å². The number of nitrogens with zero attached hydrogens (tertiary/aromatic N) is 2. The van der Waals surface area contributed by atoms with Gasteiger partial charge in [0.15, 0.2) is 0 Å². The highest BCUT2D eigenvalue weighted by atomic mass is 35.5. The predicted octanol–water partition coefficient (Wildman–Crippen LogP) is 4.25. The number of unbranched alkanes of at least 4 members (excludes halogenated alkanes) is 6. The summed E-state index contributed by atoms with van der Waals surface area (Å²) in [4.78, 5) is 0. The minimum Gasteiger partial charge on any atom is -0.387 e. The number of hydrogen-bond acceptors (Lipinski definition) is 2. The van der Waals surface area contributed by atoms with Crippen LogP contribution in [0.4, 0.5) is 0 Å². The molecule has 1 atom stereocenters. The lowest BCUT2D eigenvalue weighted by Crippen LogP contribution is -2.05. The summed E-state index contributed by atoms with van der Waals surface area (Å²) in [6.07, 6.45) is 10.7. The zero-order valence-electron chi connectivity index (χ0n) is 11.5. The molecule has 4 heteroatoms. The standard InChI is InChI=1S/C14H25ClN2O/c1-3-4-5-6-7-8-9-10-13(18)14-12(15)11-16-17(14)2/h11,13,18H,3-10H2,1-2H3. The highest BCUT2D eigenvalue weighted by Gasteiger charge is 2.15. The van der Waals surface area contributed by atoms with Crippen LogP contribution in [0.3, 0.4) is 0 Å². The van der Waals surface area contributed by atoms with E-state index in [-0.39, 0.29) is 0 Å². The van der Waals surface area contributed by atoms with E-state index in [0.717, 1.165) is 18.5 Å². The van der Waals surface area contributed by atoms with E-state index in [2.05, 4.69) is 12.0 Å². The van der Waals surface area contributed by atoms with Gasteiger partial charge in [0.2, 0.25) is 0 Å². The maximum atomic E-state index is 10.1. The fourth-order valence-corrected chi connectivity index (χ4v) is 2.52. The molecule has 0 saturated carbocycles. The van der Waals surface area contributed by atoms with Crippen LogP contribution in [0.25, 0.3) is 0 Å². The molecule has 1 unspecified atom stereocenters. The molecule has 0 bridgehead atoms. The zero-order chi connectivity index (χ0) is 13.4. The minimum atomic E-state index is -0.486. The number of aryl methyl sites for hydroxylation is 1. The molecule has 104 valence electrons. The third-order valence-corrected chi connectivity index (χ3v) is 3.63. The first kappa shape index (κ1) is 15.5. The Morgan fingerprint density at radius 2 is 1.83 bits per heavy atom. The molecule has 0 aliphatic carbocycles. The zero-order valence-corrected chi connectivity index (χ0v) is 12.3. The first-order valence-corrected chi connectivity index (χ1v) is 7.40. The van der Waals surface area contributed by atoms with Gasteiger partial charge in [-0.2, -0.15) is 5.10 Å². The Morgan fingerprint density at radius 3 is 2.39 bits per heavy atom. The summed E-state index contributed by atoms with van der Waals surface area (Å²) in [7, 11) is 1.81. The van der Waals surface area contributed by atoms with E-state index in [4.69, 9.17) is 11.6 Å². The minimum absolute atomic E-state index is 0.486. The van der Waals surface area contributed by atoms with Gasteiger partial charge in [-0.1, -0.05) is 63.5 Å². The molecular formula is C14H25ClN2O. The van der Waals surface area contributed by atoms with E-state index in [1.54, 1.807) is 10.9 Å². The molecule has 0 radical (unpaired) electrons. The number of aliphatic hydroxyl groups excluding tert-OH is 1. The van der Waals surface area contributed by atoms with Crippen molar-refractivity contribution >= 4 is 11.6 Å². The van der Waals surface area contributed by atoms with Crippen LogP contribution < -0.4 is 0 Å². The molecule has 0 aliphatic heterocycles. The van der Waals surface area contributed by atoms with Crippen LogP contribution in [0.1, 0.15) is 70.1 Å². The van der Waals surface area contributed by atoms with Gasteiger partial charge in [0.25, 0.3) is 0 Å². The average Bonchev–Trinajstić information content (AvgIpc) is 2.68. The van der Waals surface area contributed by atoms with Crippen LogP contribution in [-0.4, -0.2) is 14.9 Å². The van der Waals surface area contributed by atoms with E-state index in [9.17, 15) is 5.11 Å². The summed E-state index contributed by atoms with van der Waals surface area (Å²) in [6, 6.07) is 0. The summed E-state index contributed by atoms with van der Waals surface area (Å²) in [5.41, 5.74) is 0.739. The maximum Gasteiger partial charge on any atom is 0.0971 e. The lowest BCUT2D eigenvalue weighted by Gasteiger charge is -2.11. The molecule has 0 aliphatic rings. The fourth-order valence-electron chi connectivity index (χ4n) is 2.23. The molecule has 1 aromatic rings. The molecule has 0 fully saturated rings. The average molecular weight is 273 g/mol. The number of aromatic nitrogens is 2. The van der Waals surface area contributed by atoms with Crippen molar-refractivity contribution in [2.24, 2.45) is 7.05 Å². The highest BCUT2D eigenvalue weighted by molar-refractivity contribution is 6.31. The Hall–Kier alpha value is -0.540. The first-order chi connectivity index (χ1) is 8.66. The van der Waals surface area contributed by atoms with Gasteiger partial charge in [0.1, 0.15) is 0 Å². The Bertz CT molecular complexity index is 319. The molecular weight excluding hydrogens is 248 g/mol. The van der Waals surface area contributed by atoms with Gasteiger partial charge in [-0.25, -0.2) is 0 Å². The van der Waals surface area contributed by atoms with Gasteiger partial charge in [-0.15, -0.1) is 0 Å². The van der Waals surface area contributed by atoms with Crippen LogP contribution in [0.2, 0.25) is 5.02 Å².